The second-order valence-corrected chi connectivity index (χ2v) is 7.71. The molecule has 1 aromatic carbocycles. The lowest BCUT2D eigenvalue weighted by atomic mass is 10.3. The van der Waals surface area contributed by atoms with Gasteiger partial charge in [-0.25, -0.2) is 8.42 Å². The van der Waals surface area contributed by atoms with Gasteiger partial charge in [0.25, 0.3) is 5.17 Å². The van der Waals surface area contributed by atoms with E-state index in [0.717, 1.165) is 0 Å². The Bertz CT molecular complexity index is 591. The van der Waals surface area contributed by atoms with Gasteiger partial charge in [-0.05, 0) is 30.4 Å². The van der Waals surface area contributed by atoms with E-state index < -0.39 is 21.3 Å². The van der Waals surface area contributed by atoms with E-state index in [4.69, 9.17) is 40.2 Å². The minimum absolute atomic E-state index is 0.0415. The second kappa shape index (κ2) is 5.83. The number of rotatable bonds is 2. The van der Waals surface area contributed by atoms with Crippen LogP contribution in [0.25, 0.3) is 0 Å². The van der Waals surface area contributed by atoms with Crippen LogP contribution in [-0.4, -0.2) is 36.5 Å². The van der Waals surface area contributed by atoms with E-state index in [-0.39, 0.29) is 16.7 Å². The van der Waals surface area contributed by atoms with E-state index in [1.807, 2.05) is 0 Å². The Hall–Kier alpha value is -0.560. The van der Waals surface area contributed by atoms with Crippen molar-refractivity contribution >= 4 is 50.4 Å². The molecular weight excluding hydrogens is 329 g/mol. The Morgan fingerprint density at radius 1 is 1.42 bits per heavy atom. The van der Waals surface area contributed by atoms with Crippen LogP contribution in [0.5, 0.6) is 5.75 Å². The topological polar surface area (TPSA) is 55.4 Å². The van der Waals surface area contributed by atoms with Crippen molar-refractivity contribution in [2.75, 3.05) is 11.5 Å². The molecule has 8 heteroatoms. The number of thiocarbonyl (C=S) groups is 1. The summed E-state index contributed by atoms with van der Waals surface area (Å²) >= 11 is 16.8. The molecule has 1 saturated heterocycles. The third kappa shape index (κ3) is 4.21. The van der Waals surface area contributed by atoms with E-state index in [1.54, 1.807) is 24.3 Å². The van der Waals surface area contributed by atoms with Crippen LogP contribution in [0.4, 0.5) is 0 Å². The number of sulfone groups is 1. The van der Waals surface area contributed by atoms with Gasteiger partial charge in [0.05, 0.1) is 22.9 Å². The van der Waals surface area contributed by atoms with Gasteiger partial charge in [-0.1, -0.05) is 17.7 Å². The molecule has 0 bridgehead atoms. The van der Waals surface area contributed by atoms with Crippen LogP contribution >= 0.6 is 35.4 Å². The largest absolute Gasteiger partial charge is 0.432 e. The summed E-state index contributed by atoms with van der Waals surface area (Å²) in [5.41, 5.74) is 0. The average Bonchev–Trinajstić information content (AvgIpc) is 2.51. The Labute approximate surface area is 127 Å². The average molecular weight is 340 g/mol. The molecule has 104 valence electrons. The minimum Gasteiger partial charge on any atom is -0.432 e. The molecule has 1 N–H and O–H groups in total. The van der Waals surface area contributed by atoms with E-state index in [0.29, 0.717) is 10.8 Å². The predicted molar refractivity (Wildman–Crippen MR) is 79.9 cm³/mol. The standard InChI is InChI=1S/C11H11Cl2NO3S2/c12-7-2-1-3-8(4-7)17-11(18)14-10-6-19(15,16)5-9(10)13/h1-4,9-10H,5-6H2,(H,14,18). The highest BCUT2D eigenvalue weighted by atomic mass is 35.5. The van der Waals surface area contributed by atoms with Gasteiger partial charge in [-0.3, -0.25) is 0 Å². The van der Waals surface area contributed by atoms with Gasteiger partial charge in [0.15, 0.2) is 9.84 Å². The molecule has 1 heterocycles. The molecule has 2 rings (SSSR count). The third-order valence-electron chi connectivity index (χ3n) is 2.59. The molecular formula is C11H11Cl2NO3S2. The van der Waals surface area contributed by atoms with Crippen molar-refractivity contribution in [1.82, 2.24) is 5.32 Å². The molecule has 1 aromatic rings. The van der Waals surface area contributed by atoms with E-state index in [2.05, 4.69) is 5.32 Å². The molecule has 0 aliphatic carbocycles. The van der Waals surface area contributed by atoms with E-state index in [1.165, 1.54) is 0 Å². The molecule has 0 radical (unpaired) electrons. The van der Waals surface area contributed by atoms with Gasteiger partial charge in [0.2, 0.25) is 0 Å². The highest BCUT2D eigenvalue weighted by molar-refractivity contribution is 7.91. The van der Waals surface area contributed by atoms with E-state index in [9.17, 15) is 8.42 Å². The van der Waals surface area contributed by atoms with Gasteiger partial charge < -0.3 is 10.1 Å². The van der Waals surface area contributed by atoms with Gasteiger partial charge in [0.1, 0.15) is 5.75 Å². The van der Waals surface area contributed by atoms with Crippen molar-refractivity contribution in [3.8, 4) is 5.75 Å². The third-order valence-corrected chi connectivity index (χ3v) is 5.40. The van der Waals surface area contributed by atoms with Crippen molar-refractivity contribution in [1.29, 1.82) is 0 Å². The van der Waals surface area contributed by atoms with Crippen molar-refractivity contribution in [3.63, 3.8) is 0 Å². The summed E-state index contributed by atoms with van der Waals surface area (Å²) in [6.07, 6.45) is 0. The molecule has 1 fully saturated rings. The Balaban J connectivity index is 1.95. The SMILES string of the molecule is O=S1(=O)CC(Cl)C(NC(=S)Oc2cccc(Cl)c2)C1. The normalized spacial score (nSPS) is 24.9. The van der Waals surface area contributed by atoms with Crippen LogP contribution in [0.2, 0.25) is 5.02 Å². The summed E-state index contributed by atoms with van der Waals surface area (Å²) in [4.78, 5) is 0. The van der Waals surface area contributed by atoms with Gasteiger partial charge in [-0.2, -0.15) is 0 Å². The summed E-state index contributed by atoms with van der Waals surface area (Å²) in [6.45, 7) is 0. The molecule has 2 atom stereocenters. The lowest BCUT2D eigenvalue weighted by Gasteiger charge is -2.16. The zero-order valence-electron chi connectivity index (χ0n) is 9.68. The van der Waals surface area contributed by atoms with Crippen molar-refractivity contribution < 1.29 is 13.2 Å². The first kappa shape index (κ1) is 14.8. The van der Waals surface area contributed by atoms with Crippen LogP contribution in [-0.2, 0) is 9.84 Å². The van der Waals surface area contributed by atoms with Crippen LogP contribution in [0, 0.1) is 0 Å². The van der Waals surface area contributed by atoms with Crippen LogP contribution in [0.15, 0.2) is 24.3 Å². The number of nitrogens with one attached hydrogen (secondary N) is 1. The first-order valence-electron chi connectivity index (χ1n) is 5.44. The number of ether oxygens (including phenoxy) is 1. The molecule has 19 heavy (non-hydrogen) atoms. The highest BCUT2D eigenvalue weighted by Gasteiger charge is 2.37. The Morgan fingerprint density at radius 2 is 2.16 bits per heavy atom. The van der Waals surface area contributed by atoms with Crippen LogP contribution in [0.1, 0.15) is 0 Å². The van der Waals surface area contributed by atoms with Gasteiger partial charge in [-0.15, -0.1) is 11.6 Å². The lowest BCUT2D eigenvalue weighted by molar-refractivity contribution is 0.511. The summed E-state index contributed by atoms with van der Waals surface area (Å²) in [5, 5.41) is 2.90. The summed E-state index contributed by atoms with van der Waals surface area (Å²) < 4.78 is 28.2. The first-order chi connectivity index (χ1) is 8.85. The molecule has 4 nitrogen and oxygen atoms in total. The molecule has 0 aromatic heterocycles. The summed E-state index contributed by atoms with van der Waals surface area (Å²) in [5.74, 6) is 0.392. The maximum Gasteiger partial charge on any atom is 0.262 e. The fraction of sp³-hybridized carbons (Fsp3) is 0.364. The van der Waals surface area contributed by atoms with Crippen LogP contribution in [0.3, 0.4) is 0 Å². The number of alkyl halides is 1. The molecule has 2 unspecified atom stereocenters. The maximum atomic E-state index is 11.4. The molecule has 0 amide bonds. The van der Waals surface area contributed by atoms with Crippen LogP contribution < -0.4 is 10.1 Å². The van der Waals surface area contributed by atoms with Crippen molar-refractivity contribution in [3.05, 3.63) is 29.3 Å². The lowest BCUT2D eigenvalue weighted by Crippen LogP contribution is -2.41. The van der Waals surface area contributed by atoms with Gasteiger partial charge in [0, 0.05) is 5.02 Å². The zero-order chi connectivity index (χ0) is 14.0. The van der Waals surface area contributed by atoms with Crippen molar-refractivity contribution in [2.24, 2.45) is 0 Å². The Morgan fingerprint density at radius 3 is 2.74 bits per heavy atom. The van der Waals surface area contributed by atoms with Crippen molar-refractivity contribution in [2.45, 2.75) is 11.4 Å². The van der Waals surface area contributed by atoms with Gasteiger partial charge >= 0.3 is 0 Å². The molecule has 1 aliphatic heterocycles. The fourth-order valence-electron chi connectivity index (χ4n) is 1.76. The summed E-state index contributed by atoms with van der Waals surface area (Å²) in [6, 6.07) is 6.31. The van der Waals surface area contributed by atoms with E-state index >= 15 is 0 Å². The maximum absolute atomic E-state index is 11.4. The molecule has 0 saturated carbocycles. The number of halogens is 2. The first-order valence-corrected chi connectivity index (χ1v) is 8.48. The Kier molecular flexibility index (Phi) is 4.55. The molecule has 1 aliphatic rings. The number of benzene rings is 1. The predicted octanol–water partition coefficient (Wildman–Crippen LogP) is 2.00. The highest BCUT2D eigenvalue weighted by Crippen LogP contribution is 2.20. The number of hydrogen-bond donors (Lipinski definition) is 1. The summed E-state index contributed by atoms with van der Waals surface area (Å²) in [7, 11) is -3.10. The smallest absolute Gasteiger partial charge is 0.262 e. The quantitative estimate of drug-likeness (QED) is 0.659. The minimum atomic E-state index is -3.10. The number of hydrogen-bond acceptors (Lipinski definition) is 4. The second-order valence-electron chi connectivity index (χ2n) is 4.19. The zero-order valence-corrected chi connectivity index (χ0v) is 12.8. The monoisotopic (exact) mass is 339 g/mol. The fourth-order valence-corrected chi connectivity index (χ4v) is 4.73. The molecule has 0 spiro atoms.